The molecule has 0 saturated heterocycles. The van der Waals surface area contributed by atoms with Gasteiger partial charge in [0.15, 0.2) is 13.9 Å². The number of rotatable bonds is 7. The standard InChI is InChI=1S/C26H38O5Si/c1-9-20-24(29-17-19-13-11-10-12-14-19)23(31-32(7,8)25(3,4)5)18(2)16-26(20)21(28-6)15-22(27)30-26/h9-15,18,20,23-24H,1,16-17H2,2-8H3/t18-,20+,23-,24-,26-/m1/s1. The van der Waals surface area contributed by atoms with Crippen molar-refractivity contribution >= 4 is 14.3 Å². The molecule has 0 unspecified atom stereocenters. The highest BCUT2D eigenvalue weighted by atomic mass is 28.4. The molecule has 32 heavy (non-hydrogen) atoms. The van der Waals surface area contributed by atoms with E-state index < -0.39 is 13.9 Å². The average Bonchev–Trinajstić information content (AvgIpc) is 3.03. The predicted molar refractivity (Wildman–Crippen MR) is 128 cm³/mol. The topological polar surface area (TPSA) is 54.0 Å². The Hall–Kier alpha value is -1.89. The quantitative estimate of drug-likeness (QED) is 0.301. The summed E-state index contributed by atoms with van der Waals surface area (Å²) in [5.41, 5.74) is 0.168. The summed E-state index contributed by atoms with van der Waals surface area (Å²) < 4.78 is 25.1. The van der Waals surface area contributed by atoms with Crippen molar-refractivity contribution in [2.45, 2.75) is 76.7 Å². The van der Waals surface area contributed by atoms with Gasteiger partial charge < -0.3 is 18.6 Å². The van der Waals surface area contributed by atoms with Crippen LogP contribution in [0, 0.1) is 11.8 Å². The highest BCUT2D eigenvalue weighted by Gasteiger charge is 2.60. The molecular weight excluding hydrogens is 420 g/mol. The maximum Gasteiger partial charge on any atom is 0.335 e. The predicted octanol–water partition coefficient (Wildman–Crippen LogP) is 5.63. The van der Waals surface area contributed by atoms with E-state index in [0.717, 1.165) is 5.56 Å². The normalized spacial score (nSPS) is 30.7. The zero-order chi connectivity index (χ0) is 23.7. The maximum absolute atomic E-state index is 12.3. The van der Waals surface area contributed by atoms with E-state index in [-0.39, 0.29) is 35.1 Å². The van der Waals surface area contributed by atoms with Gasteiger partial charge in [-0.05, 0) is 29.6 Å². The molecule has 6 heteroatoms. The van der Waals surface area contributed by atoms with Gasteiger partial charge in [0.2, 0.25) is 0 Å². The van der Waals surface area contributed by atoms with E-state index in [1.54, 1.807) is 7.11 Å². The Morgan fingerprint density at radius 1 is 1.22 bits per heavy atom. The lowest BCUT2D eigenvalue weighted by Crippen LogP contribution is -2.61. The van der Waals surface area contributed by atoms with Crippen LogP contribution in [0.25, 0.3) is 0 Å². The Kier molecular flexibility index (Phi) is 7.08. The van der Waals surface area contributed by atoms with Gasteiger partial charge >= 0.3 is 5.97 Å². The van der Waals surface area contributed by atoms with E-state index in [0.29, 0.717) is 18.8 Å². The summed E-state index contributed by atoms with van der Waals surface area (Å²) in [4.78, 5) is 12.3. The molecule has 1 aromatic rings. The van der Waals surface area contributed by atoms with Gasteiger partial charge in [0.05, 0.1) is 37.9 Å². The summed E-state index contributed by atoms with van der Waals surface area (Å²) in [5, 5.41) is 0.0624. The molecule has 0 bridgehead atoms. The Balaban J connectivity index is 2.00. The Morgan fingerprint density at radius 2 is 1.88 bits per heavy atom. The monoisotopic (exact) mass is 458 g/mol. The van der Waals surface area contributed by atoms with Crippen molar-refractivity contribution in [3.8, 4) is 0 Å². The molecule has 1 aromatic carbocycles. The number of esters is 1. The van der Waals surface area contributed by atoms with E-state index in [1.807, 2.05) is 36.4 Å². The summed E-state index contributed by atoms with van der Waals surface area (Å²) in [6, 6.07) is 10.1. The Labute approximate surface area is 193 Å². The molecule has 5 atom stereocenters. The molecule has 5 nitrogen and oxygen atoms in total. The molecule has 1 saturated carbocycles. The minimum Gasteiger partial charge on any atom is -0.497 e. The lowest BCUT2D eigenvalue weighted by molar-refractivity contribution is -0.189. The van der Waals surface area contributed by atoms with Crippen LogP contribution in [-0.2, 0) is 30.0 Å². The van der Waals surface area contributed by atoms with Crippen molar-refractivity contribution in [2.75, 3.05) is 7.11 Å². The SMILES string of the molecule is C=C[C@H]1[C@@H](OCc2ccccc2)[C@H](O[Si](C)(C)C(C)(C)C)[C@H](C)C[C@@]12OC(=O)C=C2OC. The first-order chi connectivity index (χ1) is 14.9. The average molecular weight is 459 g/mol. The fourth-order valence-corrected chi connectivity index (χ4v) is 6.01. The minimum absolute atomic E-state index is 0.0624. The van der Waals surface area contributed by atoms with Gasteiger partial charge in [0.25, 0.3) is 0 Å². The highest BCUT2D eigenvalue weighted by molar-refractivity contribution is 6.74. The van der Waals surface area contributed by atoms with E-state index in [9.17, 15) is 4.79 Å². The highest BCUT2D eigenvalue weighted by Crippen LogP contribution is 2.51. The van der Waals surface area contributed by atoms with Gasteiger partial charge in [-0.15, -0.1) is 6.58 Å². The van der Waals surface area contributed by atoms with Crippen molar-refractivity contribution in [2.24, 2.45) is 11.8 Å². The number of methoxy groups -OCH3 is 1. The van der Waals surface area contributed by atoms with Gasteiger partial charge in [-0.3, -0.25) is 0 Å². The van der Waals surface area contributed by atoms with Crippen molar-refractivity contribution in [1.29, 1.82) is 0 Å². The van der Waals surface area contributed by atoms with Gasteiger partial charge in [-0.1, -0.05) is 64.1 Å². The van der Waals surface area contributed by atoms with Crippen molar-refractivity contribution in [3.63, 3.8) is 0 Å². The van der Waals surface area contributed by atoms with Gasteiger partial charge in [-0.2, -0.15) is 0 Å². The molecule has 1 aliphatic heterocycles. The smallest absolute Gasteiger partial charge is 0.335 e. The molecule has 0 N–H and O–H groups in total. The maximum atomic E-state index is 12.3. The van der Waals surface area contributed by atoms with Crippen LogP contribution in [0.2, 0.25) is 18.1 Å². The van der Waals surface area contributed by atoms with Gasteiger partial charge in [0, 0.05) is 6.42 Å². The minimum atomic E-state index is -2.08. The molecule has 0 aromatic heterocycles. The molecule has 1 fully saturated rings. The molecular formula is C26H38O5Si. The summed E-state index contributed by atoms with van der Waals surface area (Å²) in [5.74, 6) is -0.0507. The molecule has 1 heterocycles. The third-order valence-corrected chi connectivity index (χ3v) is 11.8. The fraction of sp³-hybridized carbons (Fsp3) is 0.577. The van der Waals surface area contributed by atoms with Crippen LogP contribution in [0.5, 0.6) is 0 Å². The van der Waals surface area contributed by atoms with Crippen LogP contribution in [-0.4, -0.2) is 39.2 Å². The zero-order valence-corrected chi connectivity index (χ0v) is 21.5. The van der Waals surface area contributed by atoms with E-state index in [1.165, 1.54) is 6.08 Å². The largest absolute Gasteiger partial charge is 0.497 e. The number of carbonyl (C=O) groups is 1. The molecule has 0 amide bonds. The number of ether oxygens (including phenoxy) is 3. The van der Waals surface area contributed by atoms with E-state index >= 15 is 0 Å². The second kappa shape index (κ2) is 9.16. The molecule has 2 aliphatic rings. The second-order valence-corrected chi connectivity index (χ2v) is 15.3. The fourth-order valence-electron chi connectivity index (χ4n) is 4.61. The lowest BCUT2D eigenvalue weighted by Gasteiger charge is -2.52. The molecule has 0 radical (unpaired) electrons. The first kappa shape index (κ1) is 24.7. The molecule has 3 rings (SSSR count). The van der Waals surface area contributed by atoms with Crippen LogP contribution >= 0.6 is 0 Å². The zero-order valence-electron chi connectivity index (χ0n) is 20.5. The van der Waals surface area contributed by atoms with Crippen molar-refractivity contribution < 1.29 is 23.4 Å². The summed E-state index contributed by atoms with van der Waals surface area (Å²) >= 11 is 0. The Bertz CT molecular complexity index is 857. The second-order valence-electron chi connectivity index (χ2n) is 10.6. The molecule has 1 aliphatic carbocycles. The summed E-state index contributed by atoms with van der Waals surface area (Å²) in [6.07, 6.45) is 3.40. The molecule has 176 valence electrons. The first-order valence-corrected chi connectivity index (χ1v) is 14.3. The number of hydrogen-bond acceptors (Lipinski definition) is 5. The van der Waals surface area contributed by atoms with Crippen molar-refractivity contribution in [1.82, 2.24) is 0 Å². The summed E-state index contributed by atoms with van der Waals surface area (Å²) in [7, 11) is -0.503. The summed E-state index contributed by atoms with van der Waals surface area (Å²) in [6.45, 7) is 17.9. The van der Waals surface area contributed by atoms with Crippen molar-refractivity contribution in [3.05, 3.63) is 60.4 Å². The molecule has 1 spiro atoms. The van der Waals surface area contributed by atoms with Crippen LogP contribution in [0.3, 0.4) is 0 Å². The van der Waals surface area contributed by atoms with E-state index in [2.05, 4.69) is 47.4 Å². The number of hydrogen-bond donors (Lipinski definition) is 0. The van der Waals surface area contributed by atoms with Crippen LogP contribution in [0.15, 0.2) is 54.8 Å². The first-order valence-electron chi connectivity index (χ1n) is 11.4. The Morgan fingerprint density at radius 3 is 2.44 bits per heavy atom. The van der Waals surface area contributed by atoms with Crippen LogP contribution < -0.4 is 0 Å². The van der Waals surface area contributed by atoms with Crippen LogP contribution in [0.1, 0.15) is 39.7 Å². The number of benzene rings is 1. The third-order valence-electron chi connectivity index (χ3n) is 7.35. The third kappa shape index (κ3) is 4.59. The van der Waals surface area contributed by atoms with E-state index in [4.69, 9.17) is 18.6 Å². The van der Waals surface area contributed by atoms with Gasteiger partial charge in [-0.25, -0.2) is 4.79 Å². The number of carbonyl (C=O) groups excluding carboxylic acids is 1. The lowest BCUT2D eigenvalue weighted by atomic mass is 9.67. The van der Waals surface area contributed by atoms with Crippen LogP contribution in [0.4, 0.5) is 0 Å². The van der Waals surface area contributed by atoms with Gasteiger partial charge in [0.1, 0.15) is 5.76 Å².